The van der Waals surface area contributed by atoms with Crippen molar-refractivity contribution in [3.63, 3.8) is 0 Å². The van der Waals surface area contributed by atoms with Crippen LogP contribution in [0.15, 0.2) is 48.6 Å². The molecule has 0 spiro atoms. The molecule has 0 saturated heterocycles. The van der Waals surface area contributed by atoms with Crippen LogP contribution in [0.2, 0.25) is 0 Å². The summed E-state index contributed by atoms with van der Waals surface area (Å²) in [6.07, 6.45) is -5.39. The number of ether oxygens (including phenoxy) is 4. The Labute approximate surface area is 186 Å². The van der Waals surface area contributed by atoms with Crippen molar-refractivity contribution < 1.29 is 48.0 Å². The van der Waals surface area contributed by atoms with Crippen LogP contribution in [0.3, 0.4) is 0 Å². The molecule has 0 aromatic rings. The number of aliphatic hydroxyl groups is 1. The van der Waals surface area contributed by atoms with Gasteiger partial charge in [-0.3, -0.25) is 4.79 Å². The zero-order chi connectivity index (χ0) is 25.2. The highest BCUT2D eigenvalue weighted by molar-refractivity contribution is 5.95. The molecule has 0 bridgehead atoms. The highest BCUT2D eigenvalue weighted by atomic mass is 16.6. The quantitative estimate of drug-likeness (QED) is 0.245. The number of carbonyl (C=O) groups is 5. The number of hydrogen-bond donors (Lipinski definition) is 1. The smallest absolute Gasteiger partial charge is 0.333 e. The minimum Gasteiger partial charge on any atom is -0.454 e. The number of ketones is 1. The number of hydrogen-bond acceptors (Lipinski definition) is 10. The molecule has 0 saturated carbocycles. The Balaban J connectivity index is 6.21. The molecule has 10 heteroatoms. The van der Waals surface area contributed by atoms with Crippen LogP contribution in [-0.4, -0.2) is 66.3 Å². The molecule has 32 heavy (non-hydrogen) atoms. The summed E-state index contributed by atoms with van der Waals surface area (Å²) in [6, 6.07) is 0. The van der Waals surface area contributed by atoms with Crippen molar-refractivity contribution in [2.45, 2.75) is 46.0 Å². The molecule has 0 amide bonds. The molecular formula is C22H28O10. The lowest BCUT2D eigenvalue weighted by Crippen LogP contribution is -2.51. The minimum atomic E-state index is -1.93. The molecule has 0 unspecified atom stereocenters. The van der Waals surface area contributed by atoms with Crippen LogP contribution in [-0.2, 0) is 42.9 Å². The average Bonchev–Trinajstić information content (AvgIpc) is 2.71. The number of rotatable bonds is 13. The first kappa shape index (κ1) is 28.5. The molecule has 1 N–H and O–H groups in total. The van der Waals surface area contributed by atoms with Gasteiger partial charge < -0.3 is 24.1 Å². The second-order valence-corrected chi connectivity index (χ2v) is 6.99. The molecular weight excluding hydrogens is 424 g/mol. The summed E-state index contributed by atoms with van der Waals surface area (Å²) >= 11 is 0. The first-order valence-electron chi connectivity index (χ1n) is 9.28. The van der Waals surface area contributed by atoms with E-state index in [0.29, 0.717) is 0 Å². The Morgan fingerprint density at radius 1 is 0.688 bits per heavy atom. The maximum Gasteiger partial charge on any atom is 0.333 e. The van der Waals surface area contributed by atoms with Crippen LogP contribution in [0.25, 0.3) is 0 Å². The third kappa shape index (κ3) is 9.09. The van der Waals surface area contributed by atoms with Crippen molar-refractivity contribution >= 4 is 29.7 Å². The van der Waals surface area contributed by atoms with Gasteiger partial charge in [-0.05, 0) is 27.7 Å². The largest absolute Gasteiger partial charge is 0.454 e. The standard InChI is InChI=1S/C22H28O10/c1-11(2)19(25)29-10-15(24)17(31-21(27)13(5)6)18(32-22(28)14(7)8)16(9-23)30-20(26)12(3)4/h16-18,23H,1,3,5,7,9-10H2,2,4,6,8H3/t16-,17+,18+/m1/s1. The van der Waals surface area contributed by atoms with E-state index in [1.54, 1.807) is 0 Å². The first-order valence-corrected chi connectivity index (χ1v) is 9.28. The molecule has 176 valence electrons. The molecule has 10 nitrogen and oxygen atoms in total. The summed E-state index contributed by atoms with van der Waals surface area (Å²) < 4.78 is 20.1. The Morgan fingerprint density at radius 2 is 1.09 bits per heavy atom. The summed E-state index contributed by atoms with van der Waals surface area (Å²) in [5, 5.41) is 9.76. The van der Waals surface area contributed by atoms with Gasteiger partial charge in [0, 0.05) is 22.3 Å². The minimum absolute atomic E-state index is 0.00200. The molecule has 0 fully saturated rings. The van der Waals surface area contributed by atoms with Crippen LogP contribution >= 0.6 is 0 Å². The van der Waals surface area contributed by atoms with Crippen molar-refractivity contribution in [1.29, 1.82) is 0 Å². The summed E-state index contributed by atoms with van der Waals surface area (Å²) in [6.45, 7) is 17.0. The number of carbonyl (C=O) groups excluding carboxylic acids is 5. The predicted molar refractivity (Wildman–Crippen MR) is 112 cm³/mol. The highest BCUT2D eigenvalue weighted by Gasteiger charge is 2.42. The fraction of sp³-hybridized carbons (Fsp3) is 0.409. The van der Waals surface area contributed by atoms with Crippen molar-refractivity contribution in [2.24, 2.45) is 0 Å². The van der Waals surface area contributed by atoms with Crippen LogP contribution in [0.5, 0.6) is 0 Å². The fourth-order valence-electron chi connectivity index (χ4n) is 1.88. The van der Waals surface area contributed by atoms with Gasteiger partial charge in [-0.2, -0.15) is 0 Å². The molecule has 0 aliphatic rings. The van der Waals surface area contributed by atoms with Gasteiger partial charge >= 0.3 is 23.9 Å². The van der Waals surface area contributed by atoms with Gasteiger partial charge in [-0.15, -0.1) is 0 Å². The SMILES string of the molecule is C=C(C)C(=O)OCC(=O)[C@H](OC(=O)C(=C)C)[C@@H](OC(=O)C(=C)C)[C@@H](CO)OC(=O)C(=C)C. The van der Waals surface area contributed by atoms with Crippen molar-refractivity contribution in [2.75, 3.05) is 13.2 Å². The van der Waals surface area contributed by atoms with Crippen molar-refractivity contribution in [3.8, 4) is 0 Å². The van der Waals surface area contributed by atoms with E-state index in [1.165, 1.54) is 27.7 Å². The number of esters is 4. The van der Waals surface area contributed by atoms with Crippen LogP contribution in [0.4, 0.5) is 0 Å². The van der Waals surface area contributed by atoms with E-state index in [2.05, 4.69) is 26.3 Å². The lowest BCUT2D eigenvalue weighted by Gasteiger charge is -2.31. The van der Waals surface area contributed by atoms with Crippen molar-refractivity contribution in [3.05, 3.63) is 48.6 Å². The molecule has 0 aromatic carbocycles. The molecule has 0 radical (unpaired) electrons. The fourth-order valence-corrected chi connectivity index (χ4v) is 1.88. The normalized spacial score (nSPS) is 12.9. The first-order chi connectivity index (χ1) is 14.7. The van der Waals surface area contributed by atoms with E-state index in [9.17, 15) is 29.1 Å². The van der Waals surface area contributed by atoms with E-state index in [0.717, 1.165) is 0 Å². The Kier molecular flexibility index (Phi) is 11.6. The lowest BCUT2D eigenvalue weighted by atomic mass is 10.0. The molecule has 0 aliphatic heterocycles. The van der Waals surface area contributed by atoms with Gasteiger partial charge in [0.2, 0.25) is 11.9 Å². The second-order valence-electron chi connectivity index (χ2n) is 6.99. The van der Waals surface area contributed by atoms with E-state index in [4.69, 9.17) is 18.9 Å². The number of aliphatic hydroxyl groups excluding tert-OH is 1. The molecule has 0 rings (SSSR count). The van der Waals surface area contributed by atoms with E-state index in [-0.39, 0.29) is 22.3 Å². The zero-order valence-electron chi connectivity index (χ0n) is 18.6. The average molecular weight is 452 g/mol. The molecule has 0 heterocycles. The maximum absolute atomic E-state index is 12.8. The highest BCUT2D eigenvalue weighted by Crippen LogP contribution is 2.18. The number of Topliss-reactive ketones (excluding diaryl/α,β-unsaturated/α-hetero) is 1. The molecule has 0 aromatic heterocycles. The Hall–Kier alpha value is -3.53. The lowest BCUT2D eigenvalue weighted by molar-refractivity contribution is -0.187. The topological polar surface area (TPSA) is 143 Å². The van der Waals surface area contributed by atoms with Gasteiger partial charge in [0.25, 0.3) is 0 Å². The van der Waals surface area contributed by atoms with E-state index >= 15 is 0 Å². The third-order valence-electron chi connectivity index (χ3n) is 3.64. The van der Waals surface area contributed by atoms with Gasteiger partial charge in [-0.1, -0.05) is 26.3 Å². The third-order valence-corrected chi connectivity index (χ3v) is 3.64. The zero-order valence-corrected chi connectivity index (χ0v) is 18.6. The van der Waals surface area contributed by atoms with E-state index in [1.807, 2.05) is 0 Å². The summed E-state index contributed by atoms with van der Waals surface area (Å²) in [5.41, 5.74) is -0.247. The monoisotopic (exact) mass is 452 g/mol. The summed E-state index contributed by atoms with van der Waals surface area (Å²) in [4.78, 5) is 60.7. The molecule has 3 atom stereocenters. The van der Waals surface area contributed by atoms with E-state index < -0.39 is 61.2 Å². The second kappa shape index (κ2) is 13.0. The molecule has 0 aliphatic carbocycles. The summed E-state index contributed by atoms with van der Waals surface area (Å²) in [5.74, 6) is -4.96. The predicted octanol–water partition coefficient (Wildman–Crippen LogP) is 1.13. The van der Waals surface area contributed by atoms with Crippen LogP contribution in [0, 0.1) is 0 Å². The van der Waals surface area contributed by atoms with Gasteiger partial charge in [0.15, 0.2) is 18.8 Å². The van der Waals surface area contributed by atoms with Crippen LogP contribution < -0.4 is 0 Å². The van der Waals surface area contributed by atoms with Gasteiger partial charge in [0.05, 0.1) is 6.61 Å². The maximum atomic E-state index is 12.8. The summed E-state index contributed by atoms with van der Waals surface area (Å²) in [7, 11) is 0. The Bertz CT molecular complexity index is 836. The van der Waals surface area contributed by atoms with Gasteiger partial charge in [0.1, 0.15) is 0 Å². The van der Waals surface area contributed by atoms with Crippen molar-refractivity contribution in [1.82, 2.24) is 0 Å². The van der Waals surface area contributed by atoms with Gasteiger partial charge in [-0.25, -0.2) is 19.2 Å². The van der Waals surface area contributed by atoms with Crippen LogP contribution in [0.1, 0.15) is 27.7 Å². The Morgan fingerprint density at radius 3 is 1.50 bits per heavy atom.